The first kappa shape index (κ1) is 48.6. The molecular weight excluding hydrogens is 779 g/mol. The topological polar surface area (TPSA) is 158 Å². The van der Waals surface area contributed by atoms with Crippen LogP contribution in [0, 0.1) is 36.5 Å². The van der Waals surface area contributed by atoms with E-state index in [1.807, 2.05) is 58.9 Å². The summed E-state index contributed by atoms with van der Waals surface area (Å²) in [7, 11) is 3.11. The number of hydrogen-bond acceptors (Lipinski definition) is 11. The summed E-state index contributed by atoms with van der Waals surface area (Å²) >= 11 is 0. The molecule has 1 aromatic rings. The van der Waals surface area contributed by atoms with Gasteiger partial charge in [0.05, 0.1) is 18.3 Å². The zero-order chi connectivity index (χ0) is 44.6. The average Bonchev–Trinajstić information content (AvgIpc) is 3.24. The van der Waals surface area contributed by atoms with E-state index in [-0.39, 0.29) is 48.8 Å². The van der Waals surface area contributed by atoms with E-state index in [0.717, 1.165) is 23.1 Å². The van der Waals surface area contributed by atoms with E-state index in [4.69, 9.17) is 23.7 Å². The highest BCUT2D eigenvalue weighted by Gasteiger charge is 2.56. The van der Waals surface area contributed by atoms with Gasteiger partial charge in [0, 0.05) is 39.0 Å². The molecule has 5 rings (SSSR count). The Balaban J connectivity index is 1.48. The highest BCUT2D eigenvalue weighted by molar-refractivity contribution is 6.39. The second-order valence-corrected chi connectivity index (χ2v) is 18.7. The highest BCUT2D eigenvalue weighted by atomic mass is 16.7. The number of allylic oxidation sites excluding steroid dienone is 3. The van der Waals surface area contributed by atoms with Crippen LogP contribution >= 0.6 is 0 Å². The van der Waals surface area contributed by atoms with Gasteiger partial charge < -0.3 is 38.8 Å². The van der Waals surface area contributed by atoms with Crippen LogP contribution in [0.15, 0.2) is 47.6 Å². The summed E-state index contributed by atoms with van der Waals surface area (Å²) in [5.41, 5.74) is 3.00. The minimum Gasteiger partial charge on any atom is -0.488 e. The Labute approximate surface area is 363 Å². The molecule has 2 bridgehead atoms. The number of nitrogens with zero attached hydrogens (tertiary/aromatic N) is 1. The number of methoxy groups -OCH3 is 2. The number of Topliss-reactive ketones (excluding diaryl/α,β-unsaturated/α-hetero) is 2. The van der Waals surface area contributed by atoms with Crippen molar-refractivity contribution < 1.29 is 53.1 Å². The van der Waals surface area contributed by atoms with Gasteiger partial charge in [-0.25, -0.2) is 4.79 Å². The summed E-state index contributed by atoms with van der Waals surface area (Å²) < 4.78 is 30.8. The summed E-state index contributed by atoms with van der Waals surface area (Å²) in [6, 6.07) is 6.70. The minimum absolute atomic E-state index is 0.0272. The molecule has 0 aromatic heterocycles. The molecule has 61 heavy (non-hydrogen) atoms. The number of piperidine rings is 1. The standard InChI is InChI=1S/C49H73NO11/c1-10-36-24-30(3)23-31(4)25-42(57-8)45-43(58-9)27-34(7)49(56,61-45)46(53)47(54)50-22-12-11-13-38(50)48(55)60-44(32(5)16-20-39(36)51)33(6)26-35-17-21-40(52)41(28-35)59-37-18-14-29(2)15-19-37/h14-15,18-19,24,26,31-32,34-36,38,40-45,52,56H,10-13,16-17,20-23,25,27-28H2,1-9H3/b30-24+,33-26?. The number of fused-ring (bicyclic) bond motifs is 3. The number of cyclic esters (lactones) is 1. The van der Waals surface area contributed by atoms with E-state index in [1.54, 1.807) is 21.1 Å². The van der Waals surface area contributed by atoms with Gasteiger partial charge in [0.1, 0.15) is 35.9 Å². The van der Waals surface area contributed by atoms with E-state index < -0.39 is 72.0 Å². The lowest BCUT2D eigenvalue weighted by Gasteiger charge is -2.47. The van der Waals surface area contributed by atoms with Crippen molar-refractivity contribution in [2.75, 3.05) is 20.8 Å². The molecule has 2 saturated heterocycles. The molecule has 3 fully saturated rings. The van der Waals surface area contributed by atoms with E-state index in [0.29, 0.717) is 63.5 Å². The molecule has 340 valence electrons. The lowest BCUT2D eigenvalue weighted by molar-refractivity contribution is -0.302. The van der Waals surface area contributed by atoms with Gasteiger partial charge in [-0.3, -0.25) is 14.4 Å². The van der Waals surface area contributed by atoms with E-state index in [2.05, 4.69) is 19.1 Å². The molecule has 13 unspecified atom stereocenters. The number of carbonyl (C=O) groups excluding carboxylic acids is 4. The second-order valence-electron chi connectivity index (χ2n) is 18.7. The van der Waals surface area contributed by atoms with Gasteiger partial charge in [-0.05, 0) is 127 Å². The minimum atomic E-state index is -2.48. The predicted molar refractivity (Wildman–Crippen MR) is 231 cm³/mol. The molecule has 3 aliphatic heterocycles. The van der Waals surface area contributed by atoms with Crippen molar-refractivity contribution in [3.8, 4) is 5.75 Å². The van der Waals surface area contributed by atoms with Crippen molar-refractivity contribution >= 4 is 23.4 Å². The van der Waals surface area contributed by atoms with Crippen molar-refractivity contribution in [3.63, 3.8) is 0 Å². The third-order valence-electron chi connectivity index (χ3n) is 13.8. The van der Waals surface area contributed by atoms with Crippen LogP contribution in [0.25, 0.3) is 0 Å². The predicted octanol–water partition coefficient (Wildman–Crippen LogP) is 7.24. The van der Waals surface area contributed by atoms with Gasteiger partial charge in [0.25, 0.3) is 11.7 Å². The number of carbonyl (C=O) groups is 4. The number of amides is 1. The smallest absolute Gasteiger partial charge is 0.329 e. The van der Waals surface area contributed by atoms with Crippen LogP contribution in [0.5, 0.6) is 5.75 Å². The average molecular weight is 852 g/mol. The third-order valence-corrected chi connectivity index (χ3v) is 13.8. The monoisotopic (exact) mass is 852 g/mol. The lowest BCUT2D eigenvalue weighted by Crippen LogP contribution is -2.64. The number of benzene rings is 1. The van der Waals surface area contributed by atoms with Crippen LogP contribution in [-0.4, -0.2) is 108 Å². The van der Waals surface area contributed by atoms with Gasteiger partial charge >= 0.3 is 5.97 Å². The fourth-order valence-electron chi connectivity index (χ4n) is 10.1. The quantitative estimate of drug-likeness (QED) is 0.162. The summed E-state index contributed by atoms with van der Waals surface area (Å²) in [5, 5.41) is 23.0. The number of ketones is 2. The fourth-order valence-corrected chi connectivity index (χ4v) is 10.1. The Morgan fingerprint density at radius 3 is 2.28 bits per heavy atom. The van der Waals surface area contributed by atoms with Crippen LogP contribution in [0.1, 0.15) is 124 Å². The maximum atomic E-state index is 14.4. The summed E-state index contributed by atoms with van der Waals surface area (Å²) in [6.45, 7) is 13.9. The van der Waals surface area contributed by atoms with Gasteiger partial charge in [-0.15, -0.1) is 0 Å². The number of aryl methyl sites for hydroxylation is 1. The first-order valence-corrected chi connectivity index (χ1v) is 22.8. The number of aliphatic hydroxyl groups is 2. The molecule has 12 nitrogen and oxygen atoms in total. The molecule has 3 heterocycles. The first-order chi connectivity index (χ1) is 29.0. The summed E-state index contributed by atoms with van der Waals surface area (Å²) in [5.74, 6) is -5.64. The first-order valence-electron chi connectivity index (χ1n) is 22.8. The highest BCUT2D eigenvalue weighted by Crippen LogP contribution is 2.39. The zero-order valence-corrected chi connectivity index (χ0v) is 38.1. The van der Waals surface area contributed by atoms with Crippen LogP contribution in [0.3, 0.4) is 0 Å². The summed E-state index contributed by atoms with van der Waals surface area (Å²) in [4.78, 5) is 58.2. The SMILES string of the molecule is CCC1/C=C(\C)CC(C)CC(OC)C2OC(O)(C(=O)C(=O)N3CCCCC3C(=O)OC(C(C)=CC3CCC(O)C(Oc4ccc(C)cc4)C3)C(C)CCC1=O)C(C)CC2OC. The molecular formula is C49H73NO11. The number of ether oxygens (including phenoxy) is 5. The molecule has 1 aliphatic carbocycles. The molecule has 0 radical (unpaired) electrons. The van der Waals surface area contributed by atoms with Gasteiger partial charge in [0.2, 0.25) is 5.79 Å². The Kier molecular flexibility index (Phi) is 17.4. The Morgan fingerprint density at radius 2 is 1.61 bits per heavy atom. The molecule has 0 spiro atoms. The van der Waals surface area contributed by atoms with Crippen LogP contribution in [0.2, 0.25) is 0 Å². The van der Waals surface area contributed by atoms with E-state index in [9.17, 15) is 29.4 Å². The van der Waals surface area contributed by atoms with Crippen LogP contribution in [-0.2, 0) is 38.1 Å². The Bertz CT molecular complexity index is 1720. The molecule has 13 atom stereocenters. The largest absolute Gasteiger partial charge is 0.488 e. The van der Waals surface area contributed by atoms with Crippen molar-refractivity contribution in [1.82, 2.24) is 4.90 Å². The van der Waals surface area contributed by atoms with Gasteiger partial charge in [-0.2, -0.15) is 0 Å². The number of hydrogen-bond donors (Lipinski definition) is 2. The van der Waals surface area contributed by atoms with Crippen LogP contribution < -0.4 is 4.74 Å². The van der Waals surface area contributed by atoms with Crippen molar-refractivity contribution in [1.29, 1.82) is 0 Å². The van der Waals surface area contributed by atoms with Crippen molar-refractivity contribution in [2.45, 2.75) is 174 Å². The summed E-state index contributed by atoms with van der Waals surface area (Å²) in [6.07, 6.45) is 6.63. The Morgan fingerprint density at radius 1 is 0.918 bits per heavy atom. The van der Waals surface area contributed by atoms with E-state index >= 15 is 0 Å². The molecule has 4 aliphatic rings. The lowest BCUT2D eigenvalue weighted by atomic mass is 9.82. The van der Waals surface area contributed by atoms with Gasteiger partial charge in [-0.1, -0.05) is 63.1 Å². The fraction of sp³-hybridized carbons (Fsp3) is 0.714. The second kappa shape index (κ2) is 21.8. The maximum Gasteiger partial charge on any atom is 0.329 e. The zero-order valence-electron chi connectivity index (χ0n) is 38.1. The van der Waals surface area contributed by atoms with Gasteiger partial charge in [0.15, 0.2) is 0 Å². The number of aliphatic hydroxyl groups excluding tert-OH is 1. The maximum absolute atomic E-state index is 14.4. The molecule has 1 aromatic carbocycles. The normalized spacial score (nSPS) is 37.8. The van der Waals surface area contributed by atoms with Crippen LogP contribution in [0.4, 0.5) is 0 Å². The van der Waals surface area contributed by atoms with E-state index in [1.165, 1.54) is 4.90 Å². The Hall–Kier alpha value is -3.42. The molecule has 2 N–H and O–H groups in total. The molecule has 1 saturated carbocycles. The third kappa shape index (κ3) is 12.0. The molecule has 12 heteroatoms. The number of esters is 1. The van der Waals surface area contributed by atoms with Crippen molar-refractivity contribution in [2.24, 2.45) is 29.6 Å². The number of rotatable bonds is 7. The molecule has 1 amide bonds. The van der Waals surface area contributed by atoms with Crippen molar-refractivity contribution in [3.05, 3.63) is 53.1 Å².